The molecule has 3 nitrogen and oxygen atoms in total. The molecule has 0 fully saturated rings. The standard InChI is InChI=1S/C16H23N3/c1-11-15(10-17)12(2)19(18-11)14-8-6-13(7-9-14)16(3,4)5/h6-9H,10,17H2,1-5H3. The largest absolute Gasteiger partial charge is 0.326 e. The van der Waals surface area contributed by atoms with Crippen LogP contribution in [0.5, 0.6) is 0 Å². The number of benzene rings is 1. The predicted molar refractivity (Wildman–Crippen MR) is 79.6 cm³/mol. The van der Waals surface area contributed by atoms with Crippen molar-refractivity contribution in [1.29, 1.82) is 0 Å². The second kappa shape index (κ2) is 4.82. The van der Waals surface area contributed by atoms with Crippen LogP contribution in [0.4, 0.5) is 0 Å². The fourth-order valence-electron chi connectivity index (χ4n) is 2.32. The lowest BCUT2D eigenvalue weighted by Crippen LogP contribution is -2.11. The third-order valence-corrected chi connectivity index (χ3v) is 3.62. The molecule has 102 valence electrons. The number of rotatable bonds is 2. The van der Waals surface area contributed by atoms with Gasteiger partial charge < -0.3 is 5.73 Å². The Balaban J connectivity index is 2.43. The Morgan fingerprint density at radius 1 is 1.11 bits per heavy atom. The zero-order valence-electron chi connectivity index (χ0n) is 12.5. The van der Waals surface area contributed by atoms with E-state index in [1.165, 1.54) is 5.56 Å². The van der Waals surface area contributed by atoms with Crippen molar-refractivity contribution in [3.63, 3.8) is 0 Å². The lowest BCUT2D eigenvalue weighted by molar-refractivity contribution is 0.590. The summed E-state index contributed by atoms with van der Waals surface area (Å²) in [6.07, 6.45) is 0. The van der Waals surface area contributed by atoms with Crippen LogP contribution in [0.25, 0.3) is 5.69 Å². The molecule has 3 heteroatoms. The van der Waals surface area contributed by atoms with Gasteiger partial charge in [-0.15, -0.1) is 0 Å². The molecular weight excluding hydrogens is 234 g/mol. The monoisotopic (exact) mass is 257 g/mol. The zero-order valence-corrected chi connectivity index (χ0v) is 12.5. The van der Waals surface area contributed by atoms with Crippen molar-refractivity contribution in [2.75, 3.05) is 0 Å². The molecule has 0 spiro atoms. The lowest BCUT2D eigenvalue weighted by atomic mass is 9.87. The van der Waals surface area contributed by atoms with Crippen LogP contribution >= 0.6 is 0 Å². The Morgan fingerprint density at radius 3 is 2.11 bits per heavy atom. The molecule has 0 amide bonds. The van der Waals surface area contributed by atoms with Crippen LogP contribution in [0.1, 0.15) is 43.3 Å². The van der Waals surface area contributed by atoms with Crippen LogP contribution in [-0.4, -0.2) is 9.78 Å². The Morgan fingerprint density at radius 2 is 1.68 bits per heavy atom. The highest BCUT2D eigenvalue weighted by Gasteiger charge is 2.15. The van der Waals surface area contributed by atoms with Crippen molar-refractivity contribution in [3.05, 3.63) is 46.8 Å². The van der Waals surface area contributed by atoms with E-state index in [2.05, 4.69) is 57.1 Å². The summed E-state index contributed by atoms with van der Waals surface area (Å²) in [6, 6.07) is 8.60. The van der Waals surface area contributed by atoms with Gasteiger partial charge in [0.15, 0.2) is 0 Å². The lowest BCUT2D eigenvalue weighted by Gasteiger charge is -2.19. The topological polar surface area (TPSA) is 43.8 Å². The van der Waals surface area contributed by atoms with E-state index >= 15 is 0 Å². The van der Waals surface area contributed by atoms with Gasteiger partial charge in [0.1, 0.15) is 0 Å². The highest BCUT2D eigenvalue weighted by Crippen LogP contribution is 2.24. The minimum absolute atomic E-state index is 0.177. The minimum Gasteiger partial charge on any atom is -0.326 e. The van der Waals surface area contributed by atoms with Gasteiger partial charge in [0.25, 0.3) is 0 Å². The van der Waals surface area contributed by atoms with Crippen molar-refractivity contribution in [2.45, 2.75) is 46.6 Å². The van der Waals surface area contributed by atoms with Crippen molar-refractivity contribution in [2.24, 2.45) is 5.73 Å². The minimum atomic E-state index is 0.177. The van der Waals surface area contributed by atoms with Crippen molar-refractivity contribution in [1.82, 2.24) is 9.78 Å². The maximum Gasteiger partial charge on any atom is 0.0649 e. The first-order valence-corrected chi connectivity index (χ1v) is 6.70. The molecule has 0 saturated carbocycles. The molecule has 0 bridgehead atoms. The van der Waals surface area contributed by atoms with E-state index in [4.69, 9.17) is 5.73 Å². The zero-order chi connectivity index (χ0) is 14.2. The van der Waals surface area contributed by atoms with Crippen molar-refractivity contribution >= 4 is 0 Å². The van der Waals surface area contributed by atoms with Crippen molar-refractivity contribution in [3.8, 4) is 5.69 Å². The number of aromatic nitrogens is 2. The van der Waals surface area contributed by atoms with Crippen LogP contribution in [-0.2, 0) is 12.0 Å². The van der Waals surface area contributed by atoms with Crippen LogP contribution < -0.4 is 5.73 Å². The smallest absolute Gasteiger partial charge is 0.0649 e. The summed E-state index contributed by atoms with van der Waals surface area (Å²) >= 11 is 0. The average Bonchev–Trinajstić information content (AvgIpc) is 2.63. The maximum atomic E-state index is 5.77. The van der Waals surface area contributed by atoms with Gasteiger partial charge in [-0.2, -0.15) is 5.10 Å². The second-order valence-corrected chi connectivity index (χ2v) is 6.06. The molecule has 0 saturated heterocycles. The van der Waals surface area contributed by atoms with E-state index in [9.17, 15) is 0 Å². The summed E-state index contributed by atoms with van der Waals surface area (Å²) in [5.41, 5.74) is 11.6. The van der Waals surface area contributed by atoms with Crippen LogP contribution in [0.3, 0.4) is 0 Å². The molecule has 19 heavy (non-hydrogen) atoms. The molecule has 2 aromatic rings. The van der Waals surface area contributed by atoms with Gasteiger partial charge >= 0.3 is 0 Å². The van der Waals surface area contributed by atoms with E-state index in [1.54, 1.807) is 0 Å². The van der Waals surface area contributed by atoms with Gasteiger partial charge in [0.2, 0.25) is 0 Å². The summed E-state index contributed by atoms with van der Waals surface area (Å²) in [5, 5.41) is 4.58. The highest BCUT2D eigenvalue weighted by atomic mass is 15.3. The predicted octanol–water partition coefficient (Wildman–Crippen LogP) is 3.25. The van der Waals surface area contributed by atoms with Gasteiger partial charge in [-0.05, 0) is 37.0 Å². The van der Waals surface area contributed by atoms with Gasteiger partial charge in [-0.25, -0.2) is 4.68 Å². The van der Waals surface area contributed by atoms with Crippen LogP contribution in [0.2, 0.25) is 0 Å². The Labute approximate surface area is 115 Å². The molecule has 1 aromatic carbocycles. The normalized spacial score (nSPS) is 11.9. The SMILES string of the molecule is Cc1nn(-c2ccc(C(C)(C)C)cc2)c(C)c1CN. The van der Waals surface area contributed by atoms with E-state index in [1.807, 2.05) is 11.6 Å². The first-order valence-electron chi connectivity index (χ1n) is 6.70. The number of nitrogens with two attached hydrogens (primary N) is 1. The molecule has 0 aliphatic carbocycles. The summed E-state index contributed by atoms with van der Waals surface area (Å²) in [4.78, 5) is 0. The van der Waals surface area contributed by atoms with Crippen LogP contribution in [0.15, 0.2) is 24.3 Å². The molecule has 1 heterocycles. The van der Waals surface area contributed by atoms with E-state index < -0.39 is 0 Å². The molecule has 2 rings (SSSR count). The van der Waals surface area contributed by atoms with Gasteiger partial charge in [0.05, 0.1) is 11.4 Å². The average molecular weight is 257 g/mol. The first kappa shape index (κ1) is 13.8. The summed E-state index contributed by atoms with van der Waals surface area (Å²) in [6.45, 7) is 11.3. The van der Waals surface area contributed by atoms with Gasteiger partial charge in [0, 0.05) is 17.8 Å². The molecule has 0 atom stereocenters. The fourth-order valence-corrected chi connectivity index (χ4v) is 2.32. The summed E-state index contributed by atoms with van der Waals surface area (Å²) in [5.74, 6) is 0. The van der Waals surface area contributed by atoms with E-state index in [-0.39, 0.29) is 5.41 Å². The number of nitrogens with zero attached hydrogens (tertiary/aromatic N) is 2. The highest BCUT2D eigenvalue weighted by molar-refractivity contribution is 5.40. The fraction of sp³-hybridized carbons (Fsp3) is 0.438. The molecule has 2 N–H and O–H groups in total. The van der Waals surface area contributed by atoms with Crippen LogP contribution in [0, 0.1) is 13.8 Å². The Bertz CT molecular complexity index is 571. The third-order valence-electron chi connectivity index (χ3n) is 3.62. The van der Waals surface area contributed by atoms with Gasteiger partial charge in [-0.1, -0.05) is 32.9 Å². The molecule has 0 aliphatic rings. The maximum absolute atomic E-state index is 5.77. The first-order chi connectivity index (χ1) is 8.84. The summed E-state index contributed by atoms with van der Waals surface area (Å²) in [7, 11) is 0. The Hall–Kier alpha value is -1.61. The summed E-state index contributed by atoms with van der Waals surface area (Å²) < 4.78 is 1.98. The second-order valence-electron chi connectivity index (χ2n) is 6.06. The Kier molecular flexibility index (Phi) is 3.50. The molecule has 1 aromatic heterocycles. The quantitative estimate of drug-likeness (QED) is 0.897. The van der Waals surface area contributed by atoms with Gasteiger partial charge in [-0.3, -0.25) is 0 Å². The van der Waals surface area contributed by atoms with E-state index in [0.717, 1.165) is 22.6 Å². The molecule has 0 aliphatic heterocycles. The number of aryl methyl sites for hydroxylation is 1. The van der Waals surface area contributed by atoms with E-state index in [0.29, 0.717) is 6.54 Å². The third kappa shape index (κ3) is 2.56. The molecule has 0 unspecified atom stereocenters. The number of hydrogen-bond donors (Lipinski definition) is 1. The molecular formula is C16H23N3. The van der Waals surface area contributed by atoms with Crippen molar-refractivity contribution < 1.29 is 0 Å². The molecule has 0 radical (unpaired) electrons. The number of hydrogen-bond acceptors (Lipinski definition) is 2.